The van der Waals surface area contributed by atoms with Gasteiger partial charge in [-0.3, -0.25) is 14.6 Å². The van der Waals surface area contributed by atoms with Gasteiger partial charge in [0.25, 0.3) is 11.8 Å². The van der Waals surface area contributed by atoms with Gasteiger partial charge in [0, 0.05) is 21.7 Å². The van der Waals surface area contributed by atoms with Gasteiger partial charge >= 0.3 is 0 Å². The van der Waals surface area contributed by atoms with Crippen molar-refractivity contribution in [2.45, 2.75) is 0 Å². The number of hydrogen-bond donors (Lipinski definition) is 2. The van der Waals surface area contributed by atoms with Crippen molar-refractivity contribution in [2.75, 3.05) is 10.6 Å². The fraction of sp³-hybridized carbons (Fsp3) is 0. The molecule has 0 spiro atoms. The molecule has 0 bridgehead atoms. The highest BCUT2D eigenvalue weighted by atomic mass is 127. The van der Waals surface area contributed by atoms with E-state index in [4.69, 9.17) is 0 Å². The minimum absolute atomic E-state index is 0.188. The molecule has 2 aromatic heterocycles. The number of thiophene rings is 1. The SMILES string of the molecule is O=C(Nc1ccsc1C(=O)Nc1ccc(I)cc1)c1cnccn1. The van der Waals surface area contributed by atoms with Gasteiger partial charge in [-0.2, -0.15) is 0 Å². The standard InChI is InChI=1S/C16H11IN4O2S/c17-10-1-3-11(4-2-10)20-16(23)14-12(5-8-24-14)21-15(22)13-9-18-6-7-19-13/h1-9H,(H,20,23)(H,21,22). The molecule has 0 atom stereocenters. The Bertz CT molecular complexity index is 865. The van der Waals surface area contributed by atoms with Crippen LogP contribution in [-0.2, 0) is 0 Å². The summed E-state index contributed by atoms with van der Waals surface area (Å²) in [6.45, 7) is 0. The molecule has 0 radical (unpaired) electrons. The van der Waals surface area contributed by atoms with E-state index in [0.717, 1.165) is 3.57 Å². The molecule has 0 aliphatic carbocycles. The number of amides is 2. The molecule has 2 N–H and O–H groups in total. The molecule has 3 aromatic rings. The maximum absolute atomic E-state index is 12.4. The second kappa shape index (κ2) is 7.49. The van der Waals surface area contributed by atoms with Crippen LogP contribution in [0.2, 0.25) is 0 Å². The molecule has 2 heterocycles. The highest BCUT2D eigenvalue weighted by Crippen LogP contribution is 2.24. The summed E-state index contributed by atoms with van der Waals surface area (Å²) in [4.78, 5) is 32.8. The van der Waals surface area contributed by atoms with Crippen LogP contribution in [0, 0.1) is 3.57 Å². The van der Waals surface area contributed by atoms with Crippen molar-refractivity contribution in [3.05, 3.63) is 68.4 Å². The zero-order valence-electron chi connectivity index (χ0n) is 12.2. The average molecular weight is 450 g/mol. The lowest BCUT2D eigenvalue weighted by Crippen LogP contribution is -2.17. The number of anilines is 2. The van der Waals surface area contributed by atoms with E-state index in [1.165, 1.54) is 29.9 Å². The van der Waals surface area contributed by atoms with Crippen LogP contribution < -0.4 is 10.6 Å². The van der Waals surface area contributed by atoms with Gasteiger partial charge in [-0.1, -0.05) is 0 Å². The molecule has 6 nitrogen and oxygen atoms in total. The van der Waals surface area contributed by atoms with Crippen LogP contribution in [0.5, 0.6) is 0 Å². The fourth-order valence-electron chi connectivity index (χ4n) is 1.91. The van der Waals surface area contributed by atoms with Gasteiger partial charge in [-0.15, -0.1) is 11.3 Å². The number of benzene rings is 1. The van der Waals surface area contributed by atoms with Gasteiger partial charge in [0.1, 0.15) is 10.6 Å². The number of halogens is 1. The molecule has 1 aromatic carbocycles. The van der Waals surface area contributed by atoms with E-state index in [1.807, 2.05) is 24.3 Å². The summed E-state index contributed by atoms with van der Waals surface area (Å²) in [5.74, 6) is -0.689. The van der Waals surface area contributed by atoms with Crippen molar-refractivity contribution in [1.29, 1.82) is 0 Å². The maximum Gasteiger partial charge on any atom is 0.275 e. The van der Waals surface area contributed by atoms with E-state index in [9.17, 15) is 9.59 Å². The normalized spacial score (nSPS) is 10.2. The zero-order chi connectivity index (χ0) is 16.9. The molecule has 0 saturated carbocycles. The number of rotatable bonds is 4. The van der Waals surface area contributed by atoms with E-state index >= 15 is 0 Å². The fourth-order valence-corrected chi connectivity index (χ4v) is 3.01. The van der Waals surface area contributed by atoms with Crippen molar-refractivity contribution < 1.29 is 9.59 Å². The van der Waals surface area contributed by atoms with Crippen molar-refractivity contribution in [2.24, 2.45) is 0 Å². The van der Waals surface area contributed by atoms with Gasteiger partial charge in [0.15, 0.2) is 0 Å². The number of carbonyl (C=O) groups excluding carboxylic acids is 2. The number of nitrogens with zero attached hydrogens (tertiary/aromatic N) is 2. The first-order valence-corrected chi connectivity index (χ1v) is 8.81. The first-order chi connectivity index (χ1) is 11.6. The van der Waals surface area contributed by atoms with Gasteiger partial charge in [0.05, 0.1) is 11.9 Å². The maximum atomic E-state index is 12.4. The molecule has 2 amide bonds. The number of hydrogen-bond acceptors (Lipinski definition) is 5. The molecule has 3 rings (SSSR count). The van der Waals surface area contributed by atoms with E-state index in [0.29, 0.717) is 16.3 Å². The van der Waals surface area contributed by atoms with Gasteiger partial charge in [0.2, 0.25) is 0 Å². The Morgan fingerprint density at radius 1 is 1.00 bits per heavy atom. The smallest absolute Gasteiger partial charge is 0.275 e. The molecule has 0 fully saturated rings. The van der Waals surface area contributed by atoms with Crippen molar-refractivity contribution in [3.8, 4) is 0 Å². The van der Waals surface area contributed by atoms with E-state index in [-0.39, 0.29) is 11.6 Å². The Kier molecular flexibility index (Phi) is 5.16. The molecular weight excluding hydrogens is 439 g/mol. The molecule has 24 heavy (non-hydrogen) atoms. The summed E-state index contributed by atoms with van der Waals surface area (Å²) in [5, 5.41) is 7.25. The van der Waals surface area contributed by atoms with Crippen LogP contribution in [0.15, 0.2) is 54.3 Å². The van der Waals surface area contributed by atoms with Crippen molar-refractivity contribution in [1.82, 2.24) is 9.97 Å². The number of nitrogens with one attached hydrogen (secondary N) is 2. The summed E-state index contributed by atoms with van der Waals surface area (Å²) in [6.07, 6.45) is 4.29. The summed E-state index contributed by atoms with van der Waals surface area (Å²) in [7, 11) is 0. The third kappa shape index (κ3) is 3.95. The molecule has 8 heteroatoms. The number of aromatic nitrogens is 2. The summed E-state index contributed by atoms with van der Waals surface area (Å²) in [5.41, 5.74) is 1.33. The Balaban J connectivity index is 1.74. The van der Waals surface area contributed by atoms with Crippen LogP contribution in [0.3, 0.4) is 0 Å². The molecular formula is C16H11IN4O2S. The molecule has 0 aliphatic heterocycles. The monoisotopic (exact) mass is 450 g/mol. The lowest BCUT2D eigenvalue weighted by molar-refractivity contribution is 0.102. The Hall–Kier alpha value is -2.33. The van der Waals surface area contributed by atoms with Crippen LogP contribution >= 0.6 is 33.9 Å². The second-order valence-corrected chi connectivity index (χ2v) is 6.83. The lowest BCUT2D eigenvalue weighted by Gasteiger charge is -2.07. The third-order valence-corrected chi connectivity index (χ3v) is 4.65. The van der Waals surface area contributed by atoms with E-state index < -0.39 is 5.91 Å². The summed E-state index contributed by atoms with van der Waals surface area (Å²) in [6, 6.07) is 9.14. The highest BCUT2D eigenvalue weighted by molar-refractivity contribution is 14.1. The number of carbonyl (C=O) groups is 2. The average Bonchev–Trinajstić information content (AvgIpc) is 3.06. The Morgan fingerprint density at radius 2 is 1.79 bits per heavy atom. The van der Waals surface area contributed by atoms with Gasteiger partial charge in [-0.05, 0) is 58.3 Å². The topological polar surface area (TPSA) is 84.0 Å². The highest BCUT2D eigenvalue weighted by Gasteiger charge is 2.16. The van der Waals surface area contributed by atoms with E-state index in [2.05, 4.69) is 43.2 Å². The lowest BCUT2D eigenvalue weighted by atomic mass is 10.3. The van der Waals surface area contributed by atoms with Crippen molar-refractivity contribution in [3.63, 3.8) is 0 Å². The largest absolute Gasteiger partial charge is 0.321 e. The molecule has 120 valence electrons. The van der Waals surface area contributed by atoms with Crippen LogP contribution in [-0.4, -0.2) is 21.8 Å². The van der Waals surface area contributed by atoms with Crippen LogP contribution in [0.25, 0.3) is 0 Å². The van der Waals surface area contributed by atoms with Gasteiger partial charge < -0.3 is 10.6 Å². The quantitative estimate of drug-likeness (QED) is 0.595. The second-order valence-electron chi connectivity index (χ2n) is 4.67. The van der Waals surface area contributed by atoms with Crippen LogP contribution in [0.1, 0.15) is 20.2 Å². The first-order valence-electron chi connectivity index (χ1n) is 6.85. The minimum atomic E-state index is -0.412. The van der Waals surface area contributed by atoms with Gasteiger partial charge in [-0.25, -0.2) is 4.98 Å². The molecule has 0 aliphatic rings. The van der Waals surface area contributed by atoms with Crippen LogP contribution in [0.4, 0.5) is 11.4 Å². The third-order valence-electron chi connectivity index (χ3n) is 3.02. The zero-order valence-corrected chi connectivity index (χ0v) is 15.2. The molecule has 0 unspecified atom stereocenters. The van der Waals surface area contributed by atoms with E-state index in [1.54, 1.807) is 11.4 Å². The Morgan fingerprint density at radius 3 is 2.50 bits per heavy atom. The predicted octanol–water partition coefficient (Wildman–Crippen LogP) is 3.65. The molecule has 0 saturated heterocycles. The Labute approximate surface area is 155 Å². The predicted molar refractivity (Wildman–Crippen MR) is 101 cm³/mol. The first kappa shape index (κ1) is 16.5. The summed E-state index contributed by atoms with van der Waals surface area (Å²) < 4.78 is 1.08. The summed E-state index contributed by atoms with van der Waals surface area (Å²) >= 11 is 3.45. The van der Waals surface area contributed by atoms with Crippen molar-refractivity contribution >= 4 is 57.1 Å². The minimum Gasteiger partial charge on any atom is -0.321 e.